The minimum absolute atomic E-state index is 0.0683. The van der Waals surface area contributed by atoms with Crippen LogP contribution >= 0.6 is 0 Å². The number of halogens is 1. The SMILES string of the molecule is O=C(C1CCC1)N1CC2(C1)C(COc1ncccc1F)CCS2(=O)=O. The summed E-state index contributed by atoms with van der Waals surface area (Å²) in [5, 5.41) is 0. The van der Waals surface area contributed by atoms with Crippen molar-refractivity contribution in [3.63, 3.8) is 0 Å². The van der Waals surface area contributed by atoms with Crippen LogP contribution in [0.15, 0.2) is 18.3 Å². The van der Waals surface area contributed by atoms with Crippen molar-refractivity contribution in [1.29, 1.82) is 0 Å². The van der Waals surface area contributed by atoms with E-state index in [9.17, 15) is 17.6 Å². The van der Waals surface area contributed by atoms with Gasteiger partial charge in [0.25, 0.3) is 0 Å². The van der Waals surface area contributed by atoms with Crippen molar-refractivity contribution in [2.24, 2.45) is 11.8 Å². The van der Waals surface area contributed by atoms with E-state index in [1.807, 2.05) is 0 Å². The third-order valence-corrected chi connectivity index (χ3v) is 8.53. The molecule has 0 N–H and O–H groups in total. The highest BCUT2D eigenvalue weighted by atomic mass is 32.2. The minimum atomic E-state index is -3.28. The van der Waals surface area contributed by atoms with Crippen molar-refractivity contribution in [3.8, 4) is 5.88 Å². The molecular weight excluding hydrogens is 347 g/mol. The van der Waals surface area contributed by atoms with Gasteiger partial charge in [-0.3, -0.25) is 4.79 Å². The summed E-state index contributed by atoms with van der Waals surface area (Å²) < 4.78 is 43.4. The third-order valence-electron chi connectivity index (χ3n) is 5.93. The predicted octanol–water partition coefficient (Wildman–Crippen LogP) is 1.42. The van der Waals surface area contributed by atoms with E-state index in [1.54, 1.807) is 4.90 Å². The van der Waals surface area contributed by atoms with E-state index in [-0.39, 0.29) is 49.1 Å². The van der Waals surface area contributed by atoms with Crippen LogP contribution in [0, 0.1) is 17.7 Å². The van der Waals surface area contributed by atoms with Crippen molar-refractivity contribution in [2.75, 3.05) is 25.4 Å². The van der Waals surface area contributed by atoms with E-state index in [0.29, 0.717) is 6.42 Å². The Labute approximate surface area is 146 Å². The lowest BCUT2D eigenvalue weighted by Crippen LogP contribution is -2.69. The Morgan fingerprint density at radius 2 is 2.12 bits per heavy atom. The maximum Gasteiger partial charge on any atom is 0.250 e. The first-order valence-electron chi connectivity index (χ1n) is 8.67. The molecule has 3 heterocycles. The summed E-state index contributed by atoms with van der Waals surface area (Å²) in [5.74, 6) is -0.675. The van der Waals surface area contributed by atoms with Crippen molar-refractivity contribution in [1.82, 2.24) is 9.88 Å². The molecule has 0 aromatic carbocycles. The molecule has 3 aliphatic rings. The molecule has 0 radical (unpaired) electrons. The molecule has 3 fully saturated rings. The molecule has 136 valence electrons. The lowest BCUT2D eigenvalue weighted by atomic mass is 9.79. The van der Waals surface area contributed by atoms with Gasteiger partial charge in [0.1, 0.15) is 4.75 Å². The number of ether oxygens (including phenoxy) is 1. The smallest absolute Gasteiger partial charge is 0.250 e. The number of sulfone groups is 1. The van der Waals surface area contributed by atoms with E-state index < -0.39 is 20.4 Å². The van der Waals surface area contributed by atoms with Gasteiger partial charge in [0.2, 0.25) is 11.8 Å². The van der Waals surface area contributed by atoms with Crippen LogP contribution in [0.25, 0.3) is 0 Å². The fraction of sp³-hybridized carbons (Fsp3) is 0.647. The van der Waals surface area contributed by atoms with Gasteiger partial charge in [-0.25, -0.2) is 17.8 Å². The van der Waals surface area contributed by atoms with Crippen molar-refractivity contribution in [2.45, 2.75) is 30.4 Å². The van der Waals surface area contributed by atoms with Crippen LogP contribution in [-0.4, -0.2) is 54.4 Å². The van der Waals surface area contributed by atoms with E-state index in [4.69, 9.17) is 4.74 Å². The van der Waals surface area contributed by atoms with Crippen LogP contribution in [0.4, 0.5) is 4.39 Å². The Morgan fingerprint density at radius 3 is 2.76 bits per heavy atom. The highest BCUT2D eigenvalue weighted by molar-refractivity contribution is 7.93. The minimum Gasteiger partial charge on any atom is -0.475 e. The Hall–Kier alpha value is -1.70. The van der Waals surface area contributed by atoms with Gasteiger partial charge >= 0.3 is 0 Å². The van der Waals surface area contributed by atoms with Crippen LogP contribution in [-0.2, 0) is 14.6 Å². The number of rotatable bonds is 4. The number of hydrogen-bond acceptors (Lipinski definition) is 5. The highest BCUT2D eigenvalue weighted by Gasteiger charge is 2.63. The van der Waals surface area contributed by atoms with Crippen LogP contribution in [0.3, 0.4) is 0 Å². The molecule has 2 aliphatic heterocycles. The quantitative estimate of drug-likeness (QED) is 0.803. The molecule has 2 saturated heterocycles. The third kappa shape index (κ3) is 2.61. The number of carbonyl (C=O) groups is 1. The largest absolute Gasteiger partial charge is 0.475 e. The summed E-state index contributed by atoms with van der Waals surface area (Å²) in [6, 6.07) is 2.73. The van der Waals surface area contributed by atoms with Gasteiger partial charge in [-0.05, 0) is 31.4 Å². The lowest BCUT2D eigenvalue weighted by molar-refractivity contribution is -0.144. The van der Waals surface area contributed by atoms with Crippen molar-refractivity contribution < 1.29 is 22.3 Å². The standard InChI is InChI=1S/C17H21FN2O4S/c18-14-5-2-7-19-15(14)24-9-13-6-8-25(22,23)17(13)10-20(11-17)16(21)12-3-1-4-12/h2,5,7,12-13H,1,3-4,6,8-11H2. The van der Waals surface area contributed by atoms with Gasteiger partial charge in [0.15, 0.2) is 15.7 Å². The fourth-order valence-electron chi connectivity index (χ4n) is 4.03. The second-order valence-electron chi connectivity index (χ2n) is 7.29. The Morgan fingerprint density at radius 1 is 1.36 bits per heavy atom. The Bertz CT molecular complexity index is 788. The maximum atomic E-state index is 13.6. The molecule has 1 amide bonds. The first-order valence-corrected chi connectivity index (χ1v) is 10.3. The molecule has 0 bridgehead atoms. The average Bonchev–Trinajstić information content (AvgIpc) is 2.74. The molecule has 1 aromatic heterocycles. The van der Waals surface area contributed by atoms with E-state index >= 15 is 0 Å². The number of aromatic nitrogens is 1. The van der Waals surface area contributed by atoms with E-state index in [0.717, 1.165) is 19.3 Å². The maximum absolute atomic E-state index is 13.6. The first kappa shape index (κ1) is 16.8. The summed E-state index contributed by atoms with van der Waals surface area (Å²) in [4.78, 5) is 17.8. The topological polar surface area (TPSA) is 76.6 Å². The molecule has 1 aromatic rings. The van der Waals surface area contributed by atoms with Gasteiger partial charge in [0, 0.05) is 31.1 Å². The number of nitrogens with zero attached hydrogens (tertiary/aromatic N) is 2. The monoisotopic (exact) mass is 368 g/mol. The number of pyridine rings is 1. The van der Waals surface area contributed by atoms with Crippen LogP contribution < -0.4 is 4.74 Å². The number of amides is 1. The van der Waals surface area contributed by atoms with Crippen LogP contribution in [0.1, 0.15) is 25.7 Å². The zero-order valence-electron chi connectivity index (χ0n) is 13.9. The predicted molar refractivity (Wildman–Crippen MR) is 88.2 cm³/mol. The molecular formula is C17H21FN2O4S. The molecule has 1 saturated carbocycles. The number of carbonyl (C=O) groups excluding carboxylic acids is 1. The number of likely N-dealkylation sites (tertiary alicyclic amines) is 1. The lowest BCUT2D eigenvalue weighted by Gasteiger charge is -2.51. The van der Waals surface area contributed by atoms with Gasteiger partial charge < -0.3 is 9.64 Å². The van der Waals surface area contributed by atoms with Gasteiger partial charge in [0.05, 0.1) is 12.4 Å². The second-order valence-corrected chi connectivity index (χ2v) is 9.74. The molecule has 1 spiro atoms. The molecule has 6 nitrogen and oxygen atoms in total. The van der Waals surface area contributed by atoms with E-state index in [1.165, 1.54) is 18.3 Å². The summed E-state index contributed by atoms with van der Waals surface area (Å²) >= 11 is 0. The normalized spacial score (nSPS) is 26.9. The number of hydrogen-bond donors (Lipinski definition) is 0. The van der Waals surface area contributed by atoms with Gasteiger partial charge in [-0.15, -0.1) is 0 Å². The van der Waals surface area contributed by atoms with Crippen LogP contribution in [0.2, 0.25) is 0 Å². The molecule has 1 aliphatic carbocycles. The van der Waals surface area contributed by atoms with E-state index in [2.05, 4.69) is 4.98 Å². The summed E-state index contributed by atoms with van der Waals surface area (Å²) in [7, 11) is -3.28. The molecule has 1 unspecified atom stereocenters. The van der Waals surface area contributed by atoms with Crippen LogP contribution in [0.5, 0.6) is 5.88 Å². The van der Waals surface area contributed by atoms with Crippen molar-refractivity contribution >= 4 is 15.7 Å². The van der Waals surface area contributed by atoms with Gasteiger partial charge in [-0.2, -0.15) is 0 Å². The summed E-state index contributed by atoms with van der Waals surface area (Å²) in [6.07, 6.45) is 4.78. The fourth-order valence-corrected chi connectivity index (χ4v) is 6.43. The zero-order chi connectivity index (χ0) is 17.7. The molecule has 4 rings (SSSR count). The Balaban J connectivity index is 1.45. The first-order chi connectivity index (χ1) is 11.9. The molecule has 8 heteroatoms. The summed E-state index contributed by atoms with van der Waals surface area (Å²) in [5.41, 5.74) is 0. The molecule has 1 atom stereocenters. The average molecular weight is 368 g/mol. The molecule has 25 heavy (non-hydrogen) atoms. The Kier molecular flexibility index (Phi) is 3.97. The highest BCUT2D eigenvalue weighted by Crippen LogP contribution is 2.46. The summed E-state index contributed by atoms with van der Waals surface area (Å²) in [6.45, 7) is 0.575. The second kappa shape index (κ2) is 5.93. The van der Waals surface area contributed by atoms with Gasteiger partial charge in [-0.1, -0.05) is 6.42 Å². The van der Waals surface area contributed by atoms with Crippen molar-refractivity contribution in [3.05, 3.63) is 24.1 Å². The zero-order valence-corrected chi connectivity index (χ0v) is 14.7.